The first-order valence-corrected chi connectivity index (χ1v) is 17.4. The van der Waals surface area contributed by atoms with Gasteiger partial charge in [0.2, 0.25) is 0 Å². The Hall–Kier alpha value is -6.43. The third kappa shape index (κ3) is 4.87. The Morgan fingerprint density at radius 1 is 0.360 bits per heavy atom. The molecule has 0 aliphatic rings. The van der Waals surface area contributed by atoms with Crippen molar-refractivity contribution < 1.29 is 4.42 Å². The zero-order valence-corrected chi connectivity index (χ0v) is 27.6. The Labute approximate surface area is 292 Å². The molecule has 10 rings (SSSR count). The molecule has 0 aliphatic carbocycles. The van der Waals surface area contributed by atoms with Crippen molar-refractivity contribution in [3.8, 4) is 56.4 Å². The van der Waals surface area contributed by atoms with Gasteiger partial charge in [0, 0.05) is 47.6 Å². The van der Waals surface area contributed by atoms with E-state index < -0.39 is 0 Å². The second-order valence-corrected chi connectivity index (χ2v) is 13.5. The van der Waals surface area contributed by atoms with E-state index in [2.05, 4.69) is 109 Å². The topological polar surface area (TPSA) is 51.8 Å². The van der Waals surface area contributed by atoms with Gasteiger partial charge in [-0.3, -0.25) is 0 Å². The zero-order valence-electron chi connectivity index (χ0n) is 26.7. The van der Waals surface area contributed by atoms with E-state index in [0.29, 0.717) is 17.5 Å². The summed E-state index contributed by atoms with van der Waals surface area (Å²) in [5.41, 5.74) is 8.84. The summed E-state index contributed by atoms with van der Waals surface area (Å²) < 4.78 is 9.07. The molecule has 0 N–H and O–H groups in total. The second-order valence-electron chi connectivity index (χ2n) is 12.4. The highest BCUT2D eigenvalue weighted by Crippen LogP contribution is 2.42. The second kappa shape index (κ2) is 11.6. The van der Waals surface area contributed by atoms with Crippen molar-refractivity contribution in [3.63, 3.8) is 0 Å². The number of aromatic nitrogens is 3. The number of hydrogen-bond acceptors (Lipinski definition) is 5. The maximum atomic E-state index is 6.53. The van der Waals surface area contributed by atoms with Crippen molar-refractivity contribution in [3.05, 3.63) is 164 Å². The van der Waals surface area contributed by atoms with E-state index in [1.807, 2.05) is 65.9 Å². The van der Waals surface area contributed by atoms with E-state index in [0.717, 1.165) is 55.3 Å². The van der Waals surface area contributed by atoms with Gasteiger partial charge in [0.15, 0.2) is 17.5 Å². The van der Waals surface area contributed by atoms with Gasteiger partial charge in [-0.25, -0.2) is 15.0 Å². The van der Waals surface area contributed by atoms with Crippen LogP contribution in [-0.4, -0.2) is 15.0 Å². The molecule has 50 heavy (non-hydrogen) atoms. The lowest BCUT2D eigenvalue weighted by molar-refractivity contribution is 0.669. The maximum absolute atomic E-state index is 6.53. The lowest BCUT2D eigenvalue weighted by Gasteiger charge is -2.11. The smallest absolute Gasteiger partial charge is 0.164 e. The first kappa shape index (κ1) is 28.6. The van der Waals surface area contributed by atoms with Gasteiger partial charge in [0.05, 0.1) is 0 Å². The van der Waals surface area contributed by atoms with Crippen molar-refractivity contribution in [1.82, 2.24) is 15.0 Å². The van der Waals surface area contributed by atoms with Gasteiger partial charge in [-0.15, -0.1) is 11.3 Å². The van der Waals surface area contributed by atoms with Crippen LogP contribution in [0.2, 0.25) is 0 Å². The molecule has 10 aromatic rings. The predicted octanol–water partition coefficient (Wildman–Crippen LogP) is 12.5. The number of para-hydroxylation sites is 1. The molecule has 0 atom stereocenters. The Bertz CT molecular complexity index is 2860. The Morgan fingerprint density at radius 3 is 1.70 bits per heavy atom. The summed E-state index contributed by atoms with van der Waals surface area (Å²) >= 11 is 1.82. The summed E-state index contributed by atoms with van der Waals surface area (Å²) in [4.78, 5) is 15.4. The third-order valence-corrected chi connectivity index (χ3v) is 10.5. The zero-order chi connectivity index (χ0) is 33.0. The van der Waals surface area contributed by atoms with Crippen molar-refractivity contribution in [2.75, 3.05) is 0 Å². The van der Waals surface area contributed by atoms with E-state index >= 15 is 0 Å². The molecule has 3 aromatic heterocycles. The highest BCUT2D eigenvalue weighted by Gasteiger charge is 2.20. The van der Waals surface area contributed by atoms with Crippen molar-refractivity contribution in [2.24, 2.45) is 0 Å². The summed E-state index contributed by atoms with van der Waals surface area (Å²) in [5.74, 6) is 1.84. The highest BCUT2D eigenvalue weighted by atomic mass is 32.1. The van der Waals surface area contributed by atoms with Gasteiger partial charge >= 0.3 is 0 Å². The van der Waals surface area contributed by atoms with Crippen LogP contribution >= 0.6 is 11.3 Å². The van der Waals surface area contributed by atoms with E-state index in [1.54, 1.807) is 0 Å². The molecule has 0 amide bonds. The number of furan rings is 1. The summed E-state index contributed by atoms with van der Waals surface area (Å²) in [7, 11) is 0. The quantitative estimate of drug-likeness (QED) is 0.185. The van der Waals surface area contributed by atoms with Gasteiger partial charge in [-0.1, -0.05) is 133 Å². The van der Waals surface area contributed by atoms with Crippen LogP contribution in [0.15, 0.2) is 168 Å². The standard InChI is InChI=1S/C45H27N3OS/c1-3-11-28(12-4-1)29-19-21-31(22-20-29)44-46-43(30-13-5-2-6-14-30)47-45(48-44)37-25-33(26-39-42(37)36-16-7-9-17-38(36)49-39)32-23-24-35-34-15-8-10-18-40(34)50-41(35)27-32/h1-27H. The summed E-state index contributed by atoms with van der Waals surface area (Å²) in [5, 5.41) is 4.57. The number of hydrogen-bond donors (Lipinski definition) is 0. The molecule has 4 nitrogen and oxygen atoms in total. The number of nitrogens with zero attached hydrogens (tertiary/aromatic N) is 3. The number of thiophene rings is 1. The van der Waals surface area contributed by atoms with Crippen molar-refractivity contribution >= 4 is 53.4 Å². The van der Waals surface area contributed by atoms with Gasteiger partial charge < -0.3 is 4.42 Å². The van der Waals surface area contributed by atoms with Crippen molar-refractivity contribution in [2.45, 2.75) is 0 Å². The number of rotatable bonds is 5. The molecule has 3 heterocycles. The lowest BCUT2D eigenvalue weighted by atomic mass is 9.97. The minimum Gasteiger partial charge on any atom is -0.456 e. The fraction of sp³-hybridized carbons (Fsp3) is 0. The van der Waals surface area contributed by atoms with E-state index in [-0.39, 0.29) is 0 Å². The van der Waals surface area contributed by atoms with Crippen molar-refractivity contribution in [1.29, 1.82) is 0 Å². The maximum Gasteiger partial charge on any atom is 0.164 e. The Kier molecular flexibility index (Phi) is 6.64. The average Bonchev–Trinajstić information content (AvgIpc) is 3.76. The van der Waals surface area contributed by atoms with E-state index in [4.69, 9.17) is 19.4 Å². The monoisotopic (exact) mass is 657 g/mol. The van der Waals surface area contributed by atoms with Crippen LogP contribution in [-0.2, 0) is 0 Å². The van der Waals surface area contributed by atoms with Gasteiger partial charge in [-0.2, -0.15) is 0 Å². The molecule has 0 fully saturated rings. The molecule has 0 radical (unpaired) electrons. The number of benzene rings is 7. The predicted molar refractivity (Wildman–Crippen MR) is 207 cm³/mol. The minimum atomic E-state index is 0.599. The average molecular weight is 658 g/mol. The Morgan fingerprint density at radius 2 is 0.920 bits per heavy atom. The summed E-state index contributed by atoms with van der Waals surface area (Å²) in [6, 6.07) is 56.8. The molecule has 5 heteroatoms. The molecule has 0 bridgehead atoms. The fourth-order valence-electron chi connectivity index (χ4n) is 6.89. The first-order chi connectivity index (χ1) is 24.7. The molecule has 0 aliphatic heterocycles. The molecular formula is C45H27N3OS. The Balaban J connectivity index is 1.20. The van der Waals surface area contributed by atoms with E-state index in [1.165, 1.54) is 25.7 Å². The molecule has 0 spiro atoms. The SMILES string of the molecule is c1ccc(-c2ccc(-c3nc(-c4ccccc4)nc(-c4cc(-c5ccc6c(c5)sc5ccccc56)cc5oc6ccccc6c45)n3)cc2)cc1. The molecule has 0 unspecified atom stereocenters. The lowest BCUT2D eigenvalue weighted by Crippen LogP contribution is -2.00. The molecule has 234 valence electrons. The fourth-order valence-corrected chi connectivity index (χ4v) is 8.03. The molecule has 7 aromatic carbocycles. The number of fused-ring (bicyclic) bond motifs is 6. The summed E-state index contributed by atoms with van der Waals surface area (Å²) in [6.45, 7) is 0. The van der Waals surface area contributed by atoms with Gasteiger partial charge in [0.25, 0.3) is 0 Å². The highest BCUT2D eigenvalue weighted by molar-refractivity contribution is 7.25. The largest absolute Gasteiger partial charge is 0.456 e. The van der Waals surface area contributed by atoms with Gasteiger partial charge in [0.1, 0.15) is 11.2 Å². The first-order valence-electron chi connectivity index (χ1n) is 16.6. The van der Waals surface area contributed by atoms with Gasteiger partial charge in [-0.05, 0) is 52.6 Å². The van der Waals surface area contributed by atoms with Crippen LogP contribution in [0.4, 0.5) is 0 Å². The molecule has 0 saturated carbocycles. The molecule has 0 saturated heterocycles. The minimum absolute atomic E-state index is 0.599. The third-order valence-electron chi connectivity index (χ3n) is 9.35. The van der Waals surface area contributed by atoms with Crippen LogP contribution in [0.25, 0.3) is 98.5 Å². The van der Waals surface area contributed by atoms with E-state index in [9.17, 15) is 0 Å². The van der Waals surface area contributed by atoms with Crippen LogP contribution in [0.5, 0.6) is 0 Å². The van der Waals surface area contributed by atoms with Crippen LogP contribution in [0.3, 0.4) is 0 Å². The van der Waals surface area contributed by atoms with Crippen LogP contribution < -0.4 is 0 Å². The van der Waals surface area contributed by atoms with Crippen LogP contribution in [0.1, 0.15) is 0 Å². The summed E-state index contributed by atoms with van der Waals surface area (Å²) in [6.07, 6.45) is 0. The normalized spacial score (nSPS) is 11.6. The van der Waals surface area contributed by atoms with Crippen LogP contribution in [0, 0.1) is 0 Å². The molecular weight excluding hydrogens is 631 g/mol.